The minimum absolute atomic E-state index is 0.00722. The summed E-state index contributed by atoms with van der Waals surface area (Å²) in [4.78, 5) is 13.6. The maximum atomic E-state index is 12.6. The fourth-order valence-corrected chi connectivity index (χ4v) is 2.02. The number of nitrogens with zero attached hydrogens (tertiary/aromatic N) is 1. The second kappa shape index (κ2) is 4.31. The highest BCUT2D eigenvalue weighted by Crippen LogP contribution is 2.20. The van der Waals surface area contributed by atoms with Crippen LogP contribution in [0.5, 0.6) is 0 Å². The molecule has 0 unspecified atom stereocenters. The molecule has 0 bridgehead atoms. The molecule has 80 valence electrons. The minimum atomic E-state index is -0.312. The fraction of sp³-hybridized carbons (Fsp3) is 0.364. The van der Waals surface area contributed by atoms with E-state index in [4.69, 9.17) is 0 Å². The van der Waals surface area contributed by atoms with Crippen molar-refractivity contribution in [3.05, 3.63) is 35.6 Å². The summed E-state index contributed by atoms with van der Waals surface area (Å²) in [5.74, 6) is 0.245. The van der Waals surface area contributed by atoms with Gasteiger partial charge < -0.3 is 4.90 Å². The monoisotopic (exact) mass is 271 g/mol. The van der Waals surface area contributed by atoms with E-state index in [2.05, 4.69) is 15.9 Å². The normalized spacial score (nSPS) is 16.3. The van der Waals surface area contributed by atoms with E-state index in [0.29, 0.717) is 11.5 Å². The lowest BCUT2D eigenvalue weighted by Crippen LogP contribution is -2.50. The molecule has 1 amide bonds. The van der Waals surface area contributed by atoms with Crippen molar-refractivity contribution in [2.24, 2.45) is 5.92 Å². The molecule has 1 aliphatic heterocycles. The van der Waals surface area contributed by atoms with Gasteiger partial charge in [-0.25, -0.2) is 4.39 Å². The third-order valence-corrected chi connectivity index (χ3v) is 3.47. The van der Waals surface area contributed by atoms with E-state index in [1.165, 1.54) is 24.3 Å². The summed E-state index contributed by atoms with van der Waals surface area (Å²) in [6.45, 7) is 1.59. The predicted octanol–water partition coefficient (Wildman–Crippen LogP) is 2.29. The topological polar surface area (TPSA) is 20.3 Å². The lowest BCUT2D eigenvalue weighted by molar-refractivity contribution is 0.0539. The first-order chi connectivity index (χ1) is 7.20. The van der Waals surface area contributed by atoms with Crippen molar-refractivity contribution in [3.8, 4) is 0 Å². The van der Waals surface area contributed by atoms with Crippen LogP contribution in [0.15, 0.2) is 24.3 Å². The van der Waals surface area contributed by atoms with Crippen molar-refractivity contribution in [3.63, 3.8) is 0 Å². The van der Waals surface area contributed by atoms with Crippen molar-refractivity contribution >= 4 is 21.8 Å². The molecule has 1 aromatic carbocycles. The van der Waals surface area contributed by atoms with Gasteiger partial charge in [-0.15, -0.1) is 0 Å². The number of rotatable bonds is 2. The zero-order chi connectivity index (χ0) is 10.8. The lowest BCUT2D eigenvalue weighted by Gasteiger charge is -2.38. The van der Waals surface area contributed by atoms with Crippen LogP contribution >= 0.6 is 15.9 Å². The van der Waals surface area contributed by atoms with Crippen molar-refractivity contribution in [1.29, 1.82) is 0 Å². The van der Waals surface area contributed by atoms with Crippen LogP contribution in [0.2, 0.25) is 0 Å². The molecule has 1 saturated heterocycles. The van der Waals surface area contributed by atoms with E-state index < -0.39 is 0 Å². The summed E-state index contributed by atoms with van der Waals surface area (Å²) in [5, 5.41) is 0.931. The molecule has 15 heavy (non-hydrogen) atoms. The van der Waals surface area contributed by atoms with E-state index in [-0.39, 0.29) is 11.7 Å². The molecule has 1 heterocycles. The molecule has 0 aromatic heterocycles. The number of halogens is 2. The van der Waals surface area contributed by atoms with Gasteiger partial charge in [0.2, 0.25) is 0 Å². The smallest absolute Gasteiger partial charge is 0.253 e. The zero-order valence-electron chi connectivity index (χ0n) is 8.12. The highest BCUT2D eigenvalue weighted by molar-refractivity contribution is 9.09. The molecule has 0 N–H and O–H groups in total. The second-order valence-corrected chi connectivity index (χ2v) is 4.38. The first kappa shape index (κ1) is 10.6. The van der Waals surface area contributed by atoms with Crippen LogP contribution in [-0.2, 0) is 0 Å². The van der Waals surface area contributed by atoms with Gasteiger partial charge in [0, 0.05) is 29.9 Å². The van der Waals surface area contributed by atoms with E-state index in [9.17, 15) is 9.18 Å². The summed E-state index contributed by atoms with van der Waals surface area (Å²) < 4.78 is 12.6. The summed E-state index contributed by atoms with van der Waals surface area (Å²) in [5.41, 5.74) is 0.560. The Balaban J connectivity index is 2.00. The Hall–Kier alpha value is -0.900. The van der Waals surface area contributed by atoms with Crippen LogP contribution in [0, 0.1) is 11.7 Å². The summed E-state index contributed by atoms with van der Waals surface area (Å²) in [7, 11) is 0. The molecule has 0 aliphatic carbocycles. The van der Waals surface area contributed by atoms with E-state index in [1.807, 2.05) is 0 Å². The Bertz CT molecular complexity index is 359. The van der Waals surface area contributed by atoms with Crippen LogP contribution in [-0.4, -0.2) is 29.2 Å². The Kier molecular flexibility index (Phi) is 3.05. The third kappa shape index (κ3) is 2.20. The highest BCUT2D eigenvalue weighted by Gasteiger charge is 2.29. The van der Waals surface area contributed by atoms with Gasteiger partial charge in [-0.1, -0.05) is 15.9 Å². The molecule has 1 fully saturated rings. The van der Waals surface area contributed by atoms with Gasteiger partial charge >= 0.3 is 0 Å². The molecule has 1 aliphatic rings. The Morgan fingerprint density at radius 1 is 1.40 bits per heavy atom. The quantitative estimate of drug-likeness (QED) is 0.756. The number of carbonyl (C=O) groups is 1. The van der Waals surface area contributed by atoms with E-state index >= 15 is 0 Å². The molecule has 0 atom stereocenters. The fourth-order valence-electron chi connectivity index (χ4n) is 1.61. The summed E-state index contributed by atoms with van der Waals surface area (Å²) in [6, 6.07) is 5.68. The van der Waals surface area contributed by atoms with Gasteiger partial charge in [0.25, 0.3) is 5.91 Å². The van der Waals surface area contributed by atoms with Gasteiger partial charge in [0.1, 0.15) is 5.82 Å². The number of amides is 1. The molecular weight excluding hydrogens is 261 g/mol. The maximum Gasteiger partial charge on any atom is 0.253 e. The molecule has 0 saturated carbocycles. The van der Waals surface area contributed by atoms with Crippen molar-refractivity contribution in [1.82, 2.24) is 4.90 Å². The first-order valence-electron chi connectivity index (χ1n) is 4.81. The second-order valence-electron chi connectivity index (χ2n) is 3.74. The number of hydrogen-bond donors (Lipinski definition) is 0. The Morgan fingerprint density at radius 3 is 2.53 bits per heavy atom. The Labute approximate surface area is 96.2 Å². The molecule has 0 radical (unpaired) electrons. The van der Waals surface area contributed by atoms with Gasteiger partial charge in [-0.3, -0.25) is 4.79 Å². The standard InChI is InChI=1S/C11H11BrFNO/c12-5-8-6-14(7-8)11(15)9-1-3-10(13)4-2-9/h1-4,8H,5-7H2. The zero-order valence-corrected chi connectivity index (χ0v) is 9.71. The van der Waals surface area contributed by atoms with E-state index in [1.54, 1.807) is 4.90 Å². The van der Waals surface area contributed by atoms with Gasteiger partial charge in [0.05, 0.1) is 0 Å². The number of carbonyl (C=O) groups excluding carboxylic acids is 1. The van der Waals surface area contributed by atoms with Crippen LogP contribution < -0.4 is 0 Å². The van der Waals surface area contributed by atoms with Gasteiger partial charge in [-0.05, 0) is 24.3 Å². The number of hydrogen-bond acceptors (Lipinski definition) is 1. The molecule has 0 spiro atoms. The van der Waals surface area contributed by atoms with Crippen LogP contribution in [0.1, 0.15) is 10.4 Å². The largest absolute Gasteiger partial charge is 0.338 e. The third-order valence-electron chi connectivity index (χ3n) is 2.55. The maximum absolute atomic E-state index is 12.6. The van der Waals surface area contributed by atoms with Crippen LogP contribution in [0.25, 0.3) is 0 Å². The van der Waals surface area contributed by atoms with Crippen LogP contribution in [0.4, 0.5) is 4.39 Å². The average Bonchev–Trinajstić information content (AvgIpc) is 2.17. The summed E-state index contributed by atoms with van der Waals surface area (Å²) >= 11 is 3.38. The highest BCUT2D eigenvalue weighted by atomic mass is 79.9. The molecular formula is C11H11BrFNO. The van der Waals surface area contributed by atoms with Gasteiger partial charge in [-0.2, -0.15) is 0 Å². The van der Waals surface area contributed by atoms with Crippen molar-refractivity contribution in [2.45, 2.75) is 0 Å². The van der Waals surface area contributed by atoms with Crippen molar-refractivity contribution < 1.29 is 9.18 Å². The SMILES string of the molecule is O=C(c1ccc(F)cc1)N1CC(CBr)C1. The molecule has 2 nitrogen and oxygen atoms in total. The molecule has 2 rings (SSSR count). The van der Waals surface area contributed by atoms with E-state index in [0.717, 1.165) is 18.4 Å². The first-order valence-corrected chi connectivity index (χ1v) is 5.93. The number of likely N-dealkylation sites (tertiary alicyclic amines) is 1. The molecule has 1 aromatic rings. The minimum Gasteiger partial charge on any atom is -0.338 e. The van der Waals surface area contributed by atoms with Gasteiger partial charge in [0.15, 0.2) is 0 Å². The average molecular weight is 272 g/mol. The van der Waals surface area contributed by atoms with Crippen molar-refractivity contribution in [2.75, 3.05) is 18.4 Å². The predicted molar refractivity (Wildman–Crippen MR) is 59.6 cm³/mol. The summed E-state index contributed by atoms with van der Waals surface area (Å²) in [6.07, 6.45) is 0. The number of benzene rings is 1. The van der Waals surface area contributed by atoms with Crippen LogP contribution in [0.3, 0.4) is 0 Å². The Morgan fingerprint density at radius 2 is 2.00 bits per heavy atom. The molecule has 4 heteroatoms. The lowest BCUT2D eigenvalue weighted by atomic mass is 10.0. The number of alkyl halides is 1.